The van der Waals surface area contributed by atoms with Gasteiger partial charge in [-0.2, -0.15) is 10.2 Å². The van der Waals surface area contributed by atoms with Crippen LogP contribution in [0.1, 0.15) is 67.0 Å². The van der Waals surface area contributed by atoms with Crippen molar-refractivity contribution in [3.8, 4) is 0 Å². The van der Waals surface area contributed by atoms with Crippen molar-refractivity contribution >= 4 is 11.9 Å². The van der Waals surface area contributed by atoms with Gasteiger partial charge in [-0.25, -0.2) is 9.59 Å². The van der Waals surface area contributed by atoms with Gasteiger partial charge in [0, 0.05) is 11.4 Å². The Morgan fingerprint density at radius 2 is 1.46 bits per heavy atom. The van der Waals surface area contributed by atoms with Gasteiger partial charge in [-0.15, -0.1) is 0 Å². The first kappa shape index (κ1) is 21.4. The van der Waals surface area contributed by atoms with Gasteiger partial charge in [-0.3, -0.25) is 10.2 Å². The topological polar surface area (TPSA) is 121 Å². The summed E-state index contributed by atoms with van der Waals surface area (Å²) < 4.78 is 4.82. The van der Waals surface area contributed by atoms with Gasteiger partial charge >= 0.3 is 11.9 Å². The number of hydrogen-bond donors (Lipinski definition) is 3. The number of carbonyl (C=O) groups is 2. The minimum absolute atomic E-state index is 0.0886. The molecule has 0 aliphatic heterocycles. The van der Waals surface area contributed by atoms with Gasteiger partial charge < -0.3 is 9.84 Å². The van der Waals surface area contributed by atoms with Crippen LogP contribution in [0.4, 0.5) is 0 Å². The lowest BCUT2D eigenvalue weighted by molar-refractivity contribution is 0.0519. The number of nitrogens with zero attached hydrogens (tertiary/aromatic N) is 2. The van der Waals surface area contributed by atoms with Gasteiger partial charge in [0.05, 0.1) is 6.61 Å². The molecule has 0 saturated carbocycles. The van der Waals surface area contributed by atoms with Crippen molar-refractivity contribution in [1.82, 2.24) is 20.4 Å². The molecular weight excluding hydrogens is 336 g/mol. The van der Waals surface area contributed by atoms with Crippen LogP contribution >= 0.6 is 0 Å². The van der Waals surface area contributed by atoms with Crippen LogP contribution < -0.4 is 0 Å². The number of nitrogens with one attached hydrogen (secondary N) is 2. The number of aromatic nitrogens is 4. The fourth-order valence-corrected chi connectivity index (χ4v) is 2.23. The highest BCUT2D eigenvalue weighted by atomic mass is 16.5. The Bertz CT molecular complexity index is 704. The molecule has 0 aliphatic carbocycles. The summed E-state index contributed by atoms with van der Waals surface area (Å²) in [5, 5.41) is 21.6. The number of ether oxygens (including phenoxy) is 1. The molecule has 0 bridgehead atoms. The van der Waals surface area contributed by atoms with Crippen molar-refractivity contribution < 1.29 is 19.4 Å². The molecule has 0 unspecified atom stereocenters. The van der Waals surface area contributed by atoms with Crippen molar-refractivity contribution in [3.05, 3.63) is 34.9 Å². The molecule has 8 nitrogen and oxygen atoms in total. The van der Waals surface area contributed by atoms with Crippen molar-refractivity contribution in [2.75, 3.05) is 6.61 Å². The standard InChI is InChI=1S/C10H16N2O2.C8H12N2O2/c1-4-14-10(13)9-6-8(11-12-9)5-7(2)3;1-5(2)3-6-4-7(8(11)12)10-9-6/h6-7H,4-5H2,1-3H3,(H,11,12);4-5H,3H2,1-2H3,(H,9,10)(H,11,12). The van der Waals surface area contributed by atoms with E-state index in [9.17, 15) is 9.59 Å². The van der Waals surface area contributed by atoms with E-state index in [1.807, 2.05) is 0 Å². The molecule has 144 valence electrons. The molecule has 2 aromatic rings. The molecule has 0 aromatic carbocycles. The number of H-pyrrole nitrogens is 2. The lowest BCUT2D eigenvalue weighted by Gasteiger charge is -1.99. The first-order valence-electron chi connectivity index (χ1n) is 8.71. The zero-order valence-electron chi connectivity index (χ0n) is 16.0. The van der Waals surface area contributed by atoms with Gasteiger partial charge in [-0.05, 0) is 43.7 Å². The van der Waals surface area contributed by atoms with Crippen LogP contribution in [0.2, 0.25) is 0 Å². The Morgan fingerprint density at radius 3 is 1.85 bits per heavy atom. The van der Waals surface area contributed by atoms with Crippen molar-refractivity contribution in [2.24, 2.45) is 11.8 Å². The van der Waals surface area contributed by atoms with E-state index in [0.29, 0.717) is 24.1 Å². The van der Waals surface area contributed by atoms with E-state index in [-0.39, 0.29) is 11.7 Å². The van der Waals surface area contributed by atoms with E-state index in [1.54, 1.807) is 19.1 Å². The van der Waals surface area contributed by atoms with Crippen molar-refractivity contribution in [1.29, 1.82) is 0 Å². The molecule has 0 amide bonds. The highest BCUT2D eigenvalue weighted by molar-refractivity contribution is 5.87. The first-order chi connectivity index (χ1) is 12.2. The minimum Gasteiger partial charge on any atom is -0.476 e. The highest BCUT2D eigenvalue weighted by Gasteiger charge is 2.11. The van der Waals surface area contributed by atoms with Crippen LogP contribution in [0.5, 0.6) is 0 Å². The number of esters is 1. The Balaban J connectivity index is 0.000000263. The Morgan fingerprint density at radius 1 is 1.00 bits per heavy atom. The molecule has 0 radical (unpaired) electrons. The second-order valence-corrected chi connectivity index (χ2v) is 6.78. The average molecular weight is 364 g/mol. The number of aromatic carboxylic acids is 1. The van der Waals surface area contributed by atoms with Crippen LogP contribution in [0.15, 0.2) is 12.1 Å². The summed E-state index contributed by atoms with van der Waals surface area (Å²) in [5.74, 6) is -0.294. The normalized spacial score (nSPS) is 10.6. The lowest BCUT2D eigenvalue weighted by Crippen LogP contribution is -2.04. The summed E-state index contributed by atoms with van der Waals surface area (Å²) in [6.45, 7) is 10.5. The summed E-state index contributed by atoms with van der Waals surface area (Å²) in [5.41, 5.74) is 2.30. The largest absolute Gasteiger partial charge is 0.476 e. The summed E-state index contributed by atoms with van der Waals surface area (Å²) in [7, 11) is 0. The number of aromatic amines is 2. The van der Waals surface area contributed by atoms with E-state index in [2.05, 4.69) is 48.1 Å². The monoisotopic (exact) mass is 364 g/mol. The Kier molecular flexibility index (Phi) is 8.54. The third-order valence-electron chi connectivity index (χ3n) is 3.22. The van der Waals surface area contributed by atoms with Crippen molar-refractivity contribution in [2.45, 2.75) is 47.5 Å². The van der Waals surface area contributed by atoms with Gasteiger partial charge in [0.1, 0.15) is 0 Å². The van der Waals surface area contributed by atoms with Crippen LogP contribution in [0, 0.1) is 11.8 Å². The number of hydrogen-bond acceptors (Lipinski definition) is 5. The van der Waals surface area contributed by atoms with E-state index in [1.165, 1.54) is 0 Å². The highest BCUT2D eigenvalue weighted by Crippen LogP contribution is 2.08. The summed E-state index contributed by atoms with van der Waals surface area (Å²) in [6.07, 6.45) is 1.73. The second-order valence-electron chi connectivity index (χ2n) is 6.78. The van der Waals surface area contributed by atoms with Crippen LogP contribution in [0.25, 0.3) is 0 Å². The number of carboxylic acids is 1. The van der Waals surface area contributed by atoms with E-state index >= 15 is 0 Å². The van der Waals surface area contributed by atoms with Crippen LogP contribution in [-0.4, -0.2) is 44.0 Å². The zero-order chi connectivity index (χ0) is 19.7. The molecule has 2 aromatic heterocycles. The summed E-state index contributed by atoms with van der Waals surface area (Å²) in [6, 6.07) is 3.32. The third kappa shape index (κ3) is 7.50. The van der Waals surface area contributed by atoms with Gasteiger partial charge in [-0.1, -0.05) is 27.7 Å². The maximum Gasteiger partial charge on any atom is 0.358 e. The molecule has 0 aliphatic rings. The molecule has 3 N–H and O–H groups in total. The predicted molar refractivity (Wildman–Crippen MR) is 97.2 cm³/mol. The summed E-state index contributed by atoms with van der Waals surface area (Å²) in [4.78, 5) is 21.7. The molecule has 0 fully saturated rings. The molecular formula is C18H28N4O4. The van der Waals surface area contributed by atoms with E-state index in [4.69, 9.17) is 9.84 Å². The summed E-state index contributed by atoms with van der Waals surface area (Å²) >= 11 is 0. The fourth-order valence-electron chi connectivity index (χ4n) is 2.23. The van der Waals surface area contributed by atoms with Gasteiger partial charge in [0.25, 0.3) is 0 Å². The molecule has 0 spiro atoms. The van der Waals surface area contributed by atoms with Gasteiger partial charge in [0.15, 0.2) is 11.4 Å². The molecule has 8 heteroatoms. The Hall–Kier alpha value is -2.64. The quantitative estimate of drug-likeness (QED) is 0.649. The SMILES string of the molecule is CC(C)Cc1cc(C(=O)O)n[nH]1.CCOC(=O)c1cc(CC(C)C)[nH]n1. The minimum atomic E-state index is -0.985. The van der Waals surface area contributed by atoms with E-state index in [0.717, 1.165) is 24.2 Å². The first-order valence-corrected chi connectivity index (χ1v) is 8.71. The average Bonchev–Trinajstić information content (AvgIpc) is 3.16. The molecule has 0 saturated heterocycles. The second kappa shape index (κ2) is 10.4. The van der Waals surface area contributed by atoms with Crippen LogP contribution in [0.3, 0.4) is 0 Å². The number of carbonyl (C=O) groups excluding carboxylic acids is 1. The molecule has 2 rings (SSSR count). The zero-order valence-corrected chi connectivity index (χ0v) is 16.0. The maximum atomic E-state index is 11.2. The maximum absolute atomic E-state index is 11.2. The fraction of sp³-hybridized carbons (Fsp3) is 0.556. The number of carboxylic acid groups (broad SMARTS) is 1. The third-order valence-corrected chi connectivity index (χ3v) is 3.22. The van der Waals surface area contributed by atoms with E-state index < -0.39 is 5.97 Å². The molecule has 0 atom stereocenters. The lowest BCUT2D eigenvalue weighted by atomic mass is 10.1. The Labute approximate surface area is 153 Å². The molecule has 2 heterocycles. The van der Waals surface area contributed by atoms with Gasteiger partial charge in [0.2, 0.25) is 0 Å². The smallest absolute Gasteiger partial charge is 0.358 e. The van der Waals surface area contributed by atoms with Crippen molar-refractivity contribution in [3.63, 3.8) is 0 Å². The van der Waals surface area contributed by atoms with Crippen LogP contribution in [-0.2, 0) is 17.6 Å². The number of rotatable bonds is 7. The molecule has 26 heavy (non-hydrogen) atoms. The predicted octanol–water partition coefficient (Wildman–Crippen LogP) is 3.09.